The highest BCUT2D eigenvalue weighted by molar-refractivity contribution is 5.72. The molecule has 0 aliphatic heterocycles. The molecule has 0 saturated heterocycles. The van der Waals surface area contributed by atoms with Crippen LogP contribution in [-0.2, 0) is 0 Å². The molecule has 0 aromatic heterocycles. The van der Waals surface area contributed by atoms with Crippen LogP contribution in [0.3, 0.4) is 0 Å². The van der Waals surface area contributed by atoms with E-state index in [0.717, 1.165) is 22.3 Å². The van der Waals surface area contributed by atoms with Crippen molar-refractivity contribution in [2.75, 3.05) is 0 Å². The van der Waals surface area contributed by atoms with Crippen molar-refractivity contribution in [1.29, 1.82) is 5.26 Å². The molecule has 0 fully saturated rings. The van der Waals surface area contributed by atoms with Crippen molar-refractivity contribution < 1.29 is 5.11 Å². The summed E-state index contributed by atoms with van der Waals surface area (Å²) in [5.41, 5.74) is 5.02. The smallest absolute Gasteiger partial charge is 0.115 e. The summed E-state index contributed by atoms with van der Waals surface area (Å²) in [6.45, 7) is 3.99. The van der Waals surface area contributed by atoms with Crippen molar-refractivity contribution in [2.45, 2.75) is 13.8 Å². The summed E-state index contributed by atoms with van der Waals surface area (Å²) in [6.07, 6.45) is 0. The van der Waals surface area contributed by atoms with Gasteiger partial charge in [-0.05, 0) is 60.4 Å². The Morgan fingerprint density at radius 1 is 1.00 bits per heavy atom. The van der Waals surface area contributed by atoms with Gasteiger partial charge in [0.1, 0.15) is 5.75 Å². The van der Waals surface area contributed by atoms with Gasteiger partial charge in [-0.25, -0.2) is 0 Å². The van der Waals surface area contributed by atoms with Crippen molar-refractivity contribution in [1.82, 2.24) is 0 Å². The Hall–Kier alpha value is -2.27. The van der Waals surface area contributed by atoms with Crippen LogP contribution in [0.15, 0.2) is 36.4 Å². The van der Waals surface area contributed by atoms with Gasteiger partial charge in [0.2, 0.25) is 0 Å². The summed E-state index contributed by atoms with van der Waals surface area (Å²) < 4.78 is 0. The number of hydrogen-bond acceptors (Lipinski definition) is 2. The zero-order valence-electron chi connectivity index (χ0n) is 9.86. The summed E-state index contributed by atoms with van der Waals surface area (Å²) >= 11 is 0. The monoisotopic (exact) mass is 223 g/mol. The summed E-state index contributed by atoms with van der Waals surface area (Å²) in [7, 11) is 0. The Bertz CT molecular complexity index is 568. The first-order valence-corrected chi connectivity index (χ1v) is 5.42. The minimum atomic E-state index is 0.262. The van der Waals surface area contributed by atoms with E-state index in [9.17, 15) is 5.11 Å². The topological polar surface area (TPSA) is 44.0 Å². The number of aryl methyl sites for hydroxylation is 2. The fourth-order valence-corrected chi connectivity index (χ4v) is 2.11. The van der Waals surface area contributed by atoms with Gasteiger partial charge in [-0.3, -0.25) is 0 Å². The fraction of sp³-hybridized carbons (Fsp3) is 0.133. The molecule has 84 valence electrons. The largest absolute Gasteiger partial charge is 0.508 e. The molecular formula is C15H13NO. The molecule has 0 heterocycles. The third kappa shape index (κ3) is 2.14. The summed E-state index contributed by atoms with van der Waals surface area (Å²) in [5, 5.41) is 18.2. The average Bonchev–Trinajstić information content (AvgIpc) is 2.30. The summed E-state index contributed by atoms with van der Waals surface area (Å²) in [4.78, 5) is 0. The van der Waals surface area contributed by atoms with Crippen molar-refractivity contribution in [2.24, 2.45) is 0 Å². The highest BCUT2D eigenvalue weighted by atomic mass is 16.3. The number of rotatable bonds is 1. The zero-order valence-corrected chi connectivity index (χ0v) is 9.86. The van der Waals surface area contributed by atoms with E-state index in [2.05, 4.69) is 6.07 Å². The van der Waals surface area contributed by atoms with Gasteiger partial charge in [-0.2, -0.15) is 5.26 Å². The molecule has 2 aromatic rings. The Balaban J connectivity index is 2.60. The molecule has 0 radical (unpaired) electrons. The normalized spacial score (nSPS) is 9.94. The lowest BCUT2D eigenvalue weighted by molar-refractivity contribution is 0.475. The van der Waals surface area contributed by atoms with E-state index in [4.69, 9.17) is 5.26 Å². The van der Waals surface area contributed by atoms with E-state index >= 15 is 0 Å². The quantitative estimate of drug-likeness (QED) is 0.803. The van der Waals surface area contributed by atoms with Crippen LogP contribution < -0.4 is 0 Å². The van der Waals surface area contributed by atoms with E-state index in [1.807, 2.05) is 38.1 Å². The number of aromatic hydroxyl groups is 1. The molecule has 0 aliphatic rings. The van der Waals surface area contributed by atoms with Crippen LogP contribution in [0, 0.1) is 25.2 Å². The number of nitriles is 1. The van der Waals surface area contributed by atoms with Crippen LogP contribution >= 0.6 is 0 Å². The van der Waals surface area contributed by atoms with Gasteiger partial charge in [-0.1, -0.05) is 12.1 Å². The second-order valence-corrected chi connectivity index (χ2v) is 4.14. The molecule has 17 heavy (non-hydrogen) atoms. The van der Waals surface area contributed by atoms with E-state index in [1.54, 1.807) is 12.1 Å². The van der Waals surface area contributed by atoms with Crippen LogP contribution in [-0.4, -0.2) is 5.11 Å². The van der Waals surface area contributed by atoms with Gasteiger partial charge in [-0.15, -0.1) is 0 Å². The fourth-order valence-electron chi connectivity index (χ4n) is 2.11. The second kappa shape index (κ2) is 4.31. The lowest BCUT2D eigenvalue weighted by Crippen LogP contribution is -1.90. The predicted molar refractivity (Wildman–Crippen MR) is 67.7 cm³/mol. The number of phenolic OH excluding ortho intramolecular Hbond substituents is 1. The molecule has 0 bridgehead atoms. The molecular weight excluding hydrogens is 210 g/mol. The van der Waals surface area contributed by atoms with Gasteiger partial charge in [0.25, 0.3) is 0 Å². The lowest BCUT2D eigenvalue weighted by Gasteiger charge is -2.10. The van der Waals surface area contributed by atoms with Crippen LogP contribution in [0.5, 0.6) is 5.75 Å². The van der Waals surface area contributed by atoms with Crippen molar-refractivity contribution in [3.8, 4) is 22.9 Å². The second-order valence-electron chi connectivity index (χ2n) is 4.14. The molecule has 2 aromatic carbocycles. The van der Waals surface area contributed by atoms with Gasteiger partial charge in [0.15, 0.2) is 0 Å². The summed E-state index contributed by atoms with van der Waals surface area (Å²) in [5.74, 6) is 0.262. The van der Waals surface area contributed by atoms with E-state index < -0.39 is 0 Å². The van der Waals surface area contributed by atoms with Crippen molar-refractivity contribution >= 4 is 0 Å². The molecule has 0 unspecified atom stereocenters. The number of phenols is 1. The average molecular weight is 223 g/mol. The highest BCUT2D eigenvalue weighted by Crippen LogP contribution is 2.29. The Labute approximate surface area is 101 Å². The maximum Gasteiger partial charge on any atom is 0.115 e. The number of hydrogen-bond donors (Lipinski definition) is 1. The molecule has 0 aliphatic carbocycles. The molecule has 1 N–H and O–H groups in total. The Morgan fingerprint density at radius 2 is 1.53 bits per heavy atom. The van der Waals surface area contributed by atoms with Crippen LogP contribution in [0.2, 0.25) is 0 Å². The standard InChI is InChI=1S/C15H13NO/c1-10-7-12(9-16)8-11(2)15(10)13-3-5-14(17)6-4-13/h3-8,17H,1-2H3. The Morgan fingerprint density at radius 3 is 2.00 bits per heavy atom. The molecule has 2 heteroatoms. The van der Waals surface area contributed by atoms with E-state index in [-0.39, 0.29) is 5.75 Å². The number of nitrogens with zero attached hydrogens (tertiary/aromatic N) is 1. The van der Waals surface area contributed by atoms with Gasteiger partial charge in [0, 0.05) is 0 Å². The van der Waals surface area contributed by atoms with Gasteiger partial charge < -0.3 is 5.11 Å². The van der Waals surface area contributed by atoms with Gasteiger partial charge in [0.05, 0.1) is 11.6 Å². The van der Waals surface area contributed by atoms with Crippen molar-refractivity contribution in [3.05, 3.63) is 53.1 Å². The van der Waals surface area contributed by atoms with Gasteiger partial charge >= 0.3 is 0 Å². The molecule has 0 amide bonds. The van der Waals surface area contributed by atoms with Crippen LogP contribution in [0.1, 0.15) is 16.7 Å². The summed E-state index contributed by atoms with van der Waals surface area (Å²) in [6, 6.07) is 13.0. The first kappa shape index (κ1) is 11.2. The minimum Gasteiger partial charge on any atom is -0.508 e. The Kier molecular flexibility index (Phi) is 2.84. The molecule has 0 saturated carbocycles. The van der Waals surface area contributed by atoms with Crippen LogP contribution in [0.25, 0.3) is 11.1 Å². The first-order chi connectivity index (χ1) is 8.11. The maximum absolute atomic E-state index is 9.28. The lowest BCUT2D eigenvalue weighted by atomic mass is 9.94. The highest BCUT2D eigenvalue weighted by Gasteiger charge is 2.07. The maximum atomic E-state index is 9.28. The first-order valence-electron chi connectivity index (χ1n) is 5.42. The van der Waals surface area contributed by atoms with E-state index in [1.165, 1.54) is 0 Å². The van der Waals surface area contributed by atoms with E-state index in [0.29, 0.717) is 5.56 Å². The third-order valence-corrected chi connectivity index (χ3v) is 2.82. The minimum absolute atomic E-state index is 0.262. The molecule has 0 atom stereocenters. The molecule has 2 rings (SSSR count). The predicted octanol–water partition coefficient (Wildman–Crippen LogP) is 3.55. The SMILES string of the molecule is Cc1cc(C#N)cc(C)c1-c1ccc(O)cc1. The van der Waals surface area contributed by atoms with Crippen molar-refractivity contribution in [3.63, 3.8) is 0 Å². The zero-order chi connectivity index (χ0) is 12.4. The third-order valence-electron chi connectivity index (χ3n) is 2.82. The molecule has 2 nitrogen and oxygen atoms in total. The molecule has 0 spiro atoms. The van der Waals surface area contributed by atoms with Crippen LogP contribution in [0.4, 0.5) is 0 Å². The number of benzene rings is 2.